The molecule has 4 N–H and O–H groups in total. The van der Waals surface area contributed by atoms with Crippen LogP contribution < -0.4 is 11.3 Å². The van der Waals surface area contributed by atoms with Gasteiger partial charge in [-0.25, -0.2) is 0 Å². The van der Waals surface area contributed by atoms with Crippen molar-refractivity contribution in [2.75, 3.05) is 25.1 Å². The van der Waals surface area contributed by atoms with Crippen LogP contribution in [-0.4, -0.2) is 40.6 Å². The molecule has 0 aliphatic carbocycles. The molecule has 2 heterocycles. The number of carbonyl (C=O) groups excluding carboxylic acids is 1. The van der Waals surface area contributed by atoms with Crippen molar-refractivity contribution in [1.82, 2.24) is 9.88 Å². The minimum atomic E-state index is -0.0588. The highest BCUT2D eigenvalue weighted by molar-refractivity contribution is 5.99. The van der Waals surface area contributed by atoms with E-state index in [2.05, 4.69) is 10.4 Å². The number of aromatic nitrogens is 1. The van der Waals surface area contributed by atoms with Gasteiger partial charge in [0, 0.05) is 32.1 Å². The van der Waals surface area contributed by atoms with Gasteiger partial charge in [-0.1, -0.05) is 0 Å². The number of anilines is 1. The van der Waals surface area contributed by atoms with Crippen molar-refractivity contribution in [2.45, 2.75) is 12.8 Å². The van der Waals surface area contributed by atoms with Gasteiger partial charge in [0.15, 0.2) is 0 Å². The molecule has 98 valence electrons. The average Bonchev–Trinajstić information content (AvgIpc) is 2.87. The Labute approximate surface area is 106 Å². The molecule has 18 heavy (non-hydrogen) atoms. The molecule has 1 amide bonds. The molecule has 1 unspecified atom stereocenters. The number of aliphatic hydroxyl groups is 1. The second-order valence-corrected chi connectivity index (χ2v) is 4.48. The lowest BCUT2D eigenvalue weighted by Gasteiger charge is -2.18. The second kappa shape index (κ2) is 5.79. The standard InChI is InChI=1S/C12H18N4O2/c13-15-11-1-4-14-7-10(11)12(18)16-5-2-9(8-16)3-6-17/h1,4,7,9,17H,2-3,5-6,8,13H2,(H,14,15). The van der Waals surface area contributed by atoms with Gasteiger partial charge in [0.1, 0.15) is 0 Å². The quantitative estimate of drug-likeness (QED) is 0.525. The Balaban J connectivity index is 2.08. The molecule has 0 aromatic carbocycles. The number of nitrogens with zero attached hydrogens (tertiary/aromatic N) is 2. The monoisotopic (exact) mass is 250 g/mol. The maximum absolute atomic E-state index is 12.3. The number of amides is 1. The van der Waals surface area contributed by atoms with Gasteiger partial charge in [0.05, 0.1) is 11.3 Å². The number of hydrazine groups is 1. The first-order chi connectivity index (χ1) is 8.76. The summed E-state index contributed by atoms with van der Waals surface area (Å²) in [4.78, 5) is 18.1. The summed E-state index contributed by atoms with van der Waals surface area (Å²) in [7, 11) is 0. The third-order valence-electron chi connectivity index (χ3n) is 3.32. The predicted octanol–water partition coefficient (Wildman–Crippen LogP) is 0.212. The molecule has 6 nitrogen and oxygen atoms in total. The van der Waals surface area contributed by atoms with Crippen LogP contribution in [0.1, 0.15) is 23.2 Å². The van der Waals surface area contributed by atoms with Crippen molar-refractivity contribution in [3.05, 3.63) is 24.0 Å². The first kappa shape index (κ1) is 12.8. The third kappa shape index (κ3) is 2.60. The summed E-state index contributed by atoms with van der Waals surface area (Å²) in [6.45, 7) is 1.59. The first-order valence-corrected chi connectivity index (χ1v) is 6.07. The zero-order chi connectivity index (χ0) is 13.0. The van der Waals surface area contributed by atoms with Gasteiger partial charge in [-0.15, -0.1) is 0 Å². The van der Waals surface area contributed by atoms with Crippen molar-refractivity contribution in [3.8, 4) is 0 Å². The SMILES string of the molecule is NNc1ccncc1C(=O)N1CCC(CCO)C1. The molecule has 0 bridgehead atoms. The molecule has 1 fully saturated rings. The van der Waals surface area contributed by atoms with E-state index in [4.69, 9.17) is 10.9 Å². The van der Waals surface area contributed by atoms with Crippen LogP contribution >= 0.6 is 0 Å². The Morgan fingerprint density at radius 2 is 2.50 bits per heavy atom. The molecular formula is C12H18N4O2. The van der Waals surface area contributed by atoms with E-state index in [1.165, 1.54) is 6.20 Å². The molecule has 1 atom stereocenters. The van der Waals surface area contributed by atoms with E-state index in [-0.39, 0.29) is 12.5 Å². The molecule has 1 aromatic heterocycles. The van der Waals surface area contributed by atoms with Gasteiger partial charge in [-0.3, -0.25) is 15.6 Å². The van der Waals surface area contributed by atoms with Crippen molar-refractivity contribution in [1.29, 1.82) is 0 Å². The Morgan fingerprint density at radius 1 is 1.67 bits per heavy atom. The number of rotatable bonds is 4. The van der Waals surface area contributed by atoms with E-state index in [1.54, 1.807) is 17.2 Å². The van der Waals surface area contributed by atoms with E-state index in [0.717, 1.165) is 19.4 Å². The maximum atomic E-state index is 12.3. The van der Waals surface area contributed by atoms with Crippen molar-refractivity contribution >= 4 is 11.6 Å². The zero-order valence-corrected chi connectivity index (χ0v) is 10.2. The lowest BCUT2D eigenvalue weighted by Crippen LogP contribution is -2.30. The molecular weight excluding hydrogens is 232 g/mol. The summed E-state index contributed by atoms with van der Waals surface area (Å²) in [5.41, 5.74) is 3.58. The number of hydrogen-bond donors (Lipinski definition) is 3. The van der Waals surface area contributed by atoms with Gasteiger partial charge < -0.3 is 15.4 Å². The summed E-state index contributed by atoms with van der Waals surface area (Å²) in [6, 6.07) is 1.68. The molecule has 1 aromatic rings. The number of likely N-dealkylation sites (tertiary alicyclic amines) is 1. The molecule has 0 saturated carbocycles. The molecule has 1 aliphatic rings. The number of nitrogen functional groups attached to an aromatic ring is 1. The van der Waals surface area contributed by atoms with E-state index in [1.807, 2.05) is 0 Å². The van der Waals surface area contributed by atoms with Crippen LogP contribution in [0.5, 0.6) is 0 Å². The summed E-state index contributed by atoms with van der Waals surface area (Å²) < 4.78 is 0. The summed E-state index contributed by atoms with van der Waals surface area (Å²) >= 11 is 0. The number of pyridine rings is 1. The fourth-order valence-electron chi connectivity index (χ4n) is 2.30. The van der Waals surface area contributed by atoms with E-state index in [9.17, 15) is 4.79 Å². The maximum Gasteiger partial charge on any atom is 0.257 e. The van der Waals surface area contributed by atoms with Gasteiger partial charge in [-0.2, -0.15) is 0 Å². The largest absolute Gasteiger partial charge is 0.396 e. The summed E-state index contributed by atoms with van der Waals surface area (Å²) in [6.07, 6.45) is 4.80. The fraction of sp³-hybridized carbons (Fsp3) is 0.500. The lowest BCUT2D eigenvalue weighted by molar-refractivity contribution is 0.0785. The Hall–Kier alpha value is -1.66. The number of aliphatic hydroxyl groups excluding tert-OH is 1. The highest BCUT2D eigenvalue weighted by Gasteiger charge is 2.27. The molecule has 0 spiro atoms. The summed E-state index contributed by atoms with van der Waals surface area (Å²) in [5, 5.41) is 8.91. The van der Waals surface area contributed by atoms with E-state index >= 15 is 0 Å². The summed E-state index contributed by atoms with van der Waals surface area (Å²) in [5.74, 6) is 5.72. The highest BCUT2D eigenvalue weighted by atomic mass is 16.3. The van der Waals surface area contributed by atoms with E-state index in [0.29, 0.717) is 23.7 Å². The Bertz CT molecular complexity index is 424. The zero-order valence-electron chi connectivity index (χ0n) is 10.2. The van der Waals surface area contributed by atoms with Gasteiger partial charge >= 0.3 is 0 Å². The van der Waals surface area contributed by atoms with Crippen molar-refractivity contribution in [2.24, 2.45) is 11.8 Å². The molecule has 2 rings (SSSR count). The minimum absolute atomic E-state index is 0.0588. The van der Waals surface area contributed by atoms with Crippen molar-refractivity contribution in [3.63, 3.8) is 0 Å². The highest BCUT2D eigenvalue weighted by Crippen LogP contribution is 2.23. The lowest BCUT2D eigenvalue weighted by atomic mass is 10.1. The Morgan fingerprint density at radius 3 is 3.22 bits per heavy atom. The van der Waals surface area contributed by atoms with Crippen LogP contribution in [0.25, 0.3) is 0 Å². The second-order valence-electron chi connectivity index (χ2n) is 4.48. The molecule has 1 aliphatic heterocycles. The van der Waals surface area contributed by atoms with Gasteiger partial charge in [0.25, 0.3) is 5.91 Å². The van der Waals surface area contributed by atoms with Crippen LogP contribution in [0.4, 0.5) is 5.69 Å². The van der Waals surface area contributed by atoms with Crippen LogP contribution in [-0.2, 0) is 0 Å². The predicted molar refractivity (Wildman–Crippen MR) is 67.8 cm³/mol. The molecule has 6 heteroatoms. The Kier molecular flexibility index (Phi) is 4.11. The van der Waals surface area contributed by atoms with Gasteiger partial charge in [-0.05, 0) is 24.8 Å². The molecule has 1 saturated heterocycles. The van der Waals surface area contributed by atoms with Gasteiger partial charge in [0.2, 0.25) is 0 Å². The average molecular weight is 250 g/mol. The first-order valence-electron chi connectivity index (χ1n) is 6.07. The number of nitrogens with two attached hydrogens (primary N) is 1. The number of carbonyl (C=O) groups is 1. The fourth-order valence-corrected chi connectivity index (χ4v) is 2.30. The van der Waals surface area contributed by atoms with E-state index < -0.39 is 0 Å². The van der Waals surface area contributed by atoms with Crippen molar-refractivity contribution < 1.29 is 9.90 Å². The normalized spacial score (nSPS) is 19.0. The van der Waals surface area contributed by atoms with Crippen LogP contribution in [0.2, 0.25) is 0 Å². The smallest absolute Gasteiger partial charge is 0.257 e. The van der Waals surface area contributed by atoms with Crippen LogP contribution in [0.15, 0.2) is 18.5 Å². The number of nitrogens with one attached hydrogen (secondary N) is 1. The number of hydrogen-bond acceptors (Lipinski definition) is 5. The minimum Gasteiger partial charge on any atom is -0.396 e. The third-order valence-corrected chi connectivity index (χ3v) is 3.32. The molecule has 0 radical (unpaired) electrons. The topological polar surface area (TPSA) is 91.5 Å². The van der Waals surface area contributed by atoms with Crippen LogP contribution in [0.3, 0.4) is 0 Å². The van der Waals surface area contributed by atoms with Crippen LogP contribution in [0, 0.1) is 5.92 Å².